The van der Waals surface area contributed by atoms with Gasteiger partial charge in [0.1, 0.15) is 0 Å². The molecule has 0 aliphatic heterocycles. The van der Waals surface area contributed by atoms with Crippen molar-refractivity contribution in [3.63, 3.8) is 0 Å². The third kappa shape index (κ3) is 5.66. The first kappa shape index (κ1) is 13.7. The minimum absolute atomic E-state index is 0.419. The number of aryl methyl sites for hydroxylation is 1. The highest BCUT2D eigenvalue weighted by Gasteiger charge is 2.17. The Labute approximate surface area is 104 Å². The predicted octanol–water partition coefficient (Wildman–Crippen LogP) is 4.10. The van der Waals surface area contributed by atoms with E-state index in [1.807, 2.05) is 11.3 Å². The summed E-state index contributed by atoms with van der Waals surface area (Å²) in [5.74, 6) is 0. The molecule has 92 valence electrons. The summed E-state index contributed by atoms with van der Waals surface area (Å²) in [7, 11) is 0. The van der Waals surface area contributed by atoms with E-state index in [1.54, 1.807) is 0 Å². The van der Waals surface area contributed by atoms with Gasteiger partial charge < -0.3 is 5.32 Å². The summed E-state index contributed by atoms with van der Waals surface area (Å²) in [6.45, 7) is 10.2. The maximum Gasteiger partial charge on any atom is 0.00753 e. The molecule has 0 saturated heterocycles. The third-order valence-electron chi connectivity index (χ3n) is 2.67. The minimum Gasteiger partial charge on any atom is -0.314 e. The molecule has 16 heavy (non-hydrogen) atoms. The quantitative estimate of drug-likeness (QED) is 0.788. The van der Waals surface area contributed by atoms with Gasteiger partial charge in [-0.3, -0.25) is 0 Å². The molecule has 0 amide bonds. The van der Waals surface area contributed by atoms with Crippen LogP contribution in [0.1, 0.15) is 45.4 Å². The van der Waals surface area contributed by atoms with Gasteiger partial charge in [-0.05, 0) is 42.7 Å². The van der Waals surface area contributed by atoms with E-state index in [9.17, 15) is 0 Å². The second-order valence-electron chi connectivity index (χ2n) is 5.64. The van der Waals surface area contributed by atoms with Gasteiger partial charge in [-0.15, -0.1) is 11.3 Å². The van der Waals surface area contributed by atoms with Crippen LogP contribution in [0.5, 0.6) is 0 Å². The summed E-state index contributed by atoms with van der Waals surface area (Å²) in [4.78, 5) is 1.51. The lowest BCUT2D eigenvalue weighted by molar-refractivity contribution is 0.301. The van der Waals surface area contributed by atoms with Gasteiger partial charge in [0.05, 0.1) is 0 Å². The predicted molar refractivity (Wildman–Crippen MR) is 74.2 cm³/mol. The van der Waals surface area contributed by atoms with Crippen molar-refractivity contribution in [1.29, 1.82) is 0 Å². The molecule has 0 fully saturated rings. The van der Waals surface area contributed by atoms with Gasteiger partial charge in [-0.25, -0.2) is 0 Å². The first-order chi connectivity index (χ1) is 7.51. The smallest absolute Gasteiger partial charge is 0.00753 e. The summed E-state index contributed by atoms with van der Waals surface area (Å²) >= 11 is 1.87. The molecule has 1 heterocycles. The lowest BCUT2D eigenvalue weighted by atomic mass is 9.86. The number of hydrogen-bond acceptors (Lipinski definition) is 2. The molecule has 1 rings (SSSR count). The highest BCUT2D eigenvalue weighted by Crippen LogP contribution is 2.23. The highest BCUT2D eigenvalue weighted by atomic mass is 32.1. The molecule has 0 bridgehead atoms. The molecule has 1 aromatic rings. The fraction of sp³-hybridized carbons (Fsp3) is 0.714. The van der Waals surface area contributed by atoms with Crippen LogP contribution >= 0.6 is 11.3 Å². The van der Waals surface area contributed by atoms with E-state index in [2.05, 4.69) is 50.5 Å². The van der Waals surface area contributed by atoms with Crippen LogP contribution in [0.4, 0.5) is 0 Å². The fourth-order valence-electron chi connectivity index (χ4n) is 2.08. The molecule has 0 aromatic carbocycles. The average molecular weight is 239 g/mol. The topological polar surface area (TPSA) is 12.0 Å². The average Bonchev–Trinajstić information content (AvgIpc) is 2.64. The number of hydrogen-bond donors (Lipinski definition) is 1. The first-order valence-corrected chi connectivity index (χ1v) is 7.15. The van der Waals surface area contributed by atoms with E-state index in [4.69, 9.17) is 0 Å². The van der Waals surface area contributed by atoms with Crippen molar-refractivity contribution in [2.45, 2.75) is 53.0 Å². The van der Waals surface area contributed by atoms with Crippen molar-refractivity contribution >= 4 is 11.3 Å². The molecule has 1 N–H and O–H groups in total. The highest BCUT2D eigenvalue weighted by molar-refractivity contribution is 7.09. The molecular formula is C14H25NS. The molecule has 1 nitrogen and oxygen atoms in total. The van der Waals surface area contributed by atoms with Gasteiger partial charge in [-0.1, -0.05) is 33.8 Å². The van der Waals surface area contributed by atoms with Gasteiger partial charge in [0, 0.05) is 10.9 Å². The Morgan fingerprint density at radius 2 is 2.12 bits per heavy atom. The van der Waals surface area contributed by atoms with Crippen LogP contribution in [-0.4, -0.2) is 12.6 Å². The van der Waals surface area contributed by atoms with E-state index < -0.39 is 0 Å². The summed E-state index contributed by atoms with van der Waals surface area (Å²) in [6.07, 6.45) is 3.73. The van der Waals surface area contributed by atoms with Crippen LogP contribution in [0.2, 0.25) is 0 Å². The van der Waals surface area contributed by atoms with Crippen molar-refractivity contribution in [2.24, 2.45) is 5.41 Å². The summed E-state index contributed by atoms with van der Waals surface area (Å²) < 4.78 is 0. The Balaban J connectivity index is 2.39. The SMILES string of the molecule is CCNC(CCc1cccs1)CC(C)(C)C. The van der Waals surface area contributed by atoms with Crippen LogP contribution in [0.3, 0.4) is 0 Å². The summed E-state index contributed by atoms with van der Waals surface area (Å²) in [6, 6.07) is 5.05. The second kappa shape index (κ2) is 6.41. The van der Waals surface area contributed by atoms with Gasteiger partial charge in [0.25, 0.3) is 0 Å². The molecular weight excluding hydrogens is 214 g/mol. The largest absolute Gasteiger partial charge is 0.314 e. The van der Waals surface area contributed by atoms with E-state index in [-0.39, 0.29) is 0 Å². The standard InChI is InChI=1S/C14H25NS/c1-5-15-12(11-14(2,3)4)8-9-13-7-6-10-16-13/h6-7,10,12,15H,5,8-9,11H2,1-4H3. The molecule has 1 atom stereocenters. The zero-order valence-electron chi connectivity index (χ0n) is 11.0. The Kier molecular flexibility index (Phi) is 5.50. The van der Waals surface area contributed by atoms with Crippen molar-refractivity contribution in [3.05, 3.63) is 22.4 Å². The first-order valence-electron chi connectivity index (χ1n) is 6.27. The lowest BCUT2D eigenvalue weighted by Crippen LogP contribution is -2.33. The Morgan fingerprint density at radius 3 is 2.62 bits per heavy atom. The molecule has 0 saturated carbocycles. The van der Waals surface area contributed by atoms with Crippen molar-refractivity contribution in [3.8, 4) is 0 Å². The number of thiophene rings is 1. The van der Waals surface area contributed by atoms with Gasteiger partial charge in [0.2, 0.25) is 0 Å². The van der Waals surface area contributed by atoms with Crippen LogP contribution in [0, 0.1) is 5.41 Å². The van der Waals surface area contributed by atoms with Crippen molar-refractivity contribution < 1.29 is 0 Å². The lowest BCUT2D eigenvalue weighted by Gasteiger charge is -2.26. The van der Waals surface area contributed by atoms with Gasteiger partial charge in [-0.2, -0.15) is 0 Å². The Morgan fingerprint density at radius 1 is 1.38 bits per heavy atom. The molecule has 0 radical (unpaired) electrons. The number of nitrogens with one attached hydrogen (secondary N) is 1. The molecule has 1 unspecified atom stereocenters. The minimum atomic E-state index is 0.419. The van der Waals surface area contributed by atoms with E-state index in [0.29, 0.717) is 11.5 Å². The monoisotopic (exact) mass is 239 g/mol. The Hall–Kier alpha value is -0.340. The normalized spacial score (nSPS) is 14.0. The zero-order chi connectivity index (χ0) is 12.0. The zero-order valence-corrected chi connectivity index (χ0v) is 11.9. The van der Waals surface area contributed by atoms with Crippen LogP contribution in [0.15, 0.2) is 17.5 Å². The van der Waals surface area contributed by atoms with E-state index >= 15 is 0 Å². The maximum atomic E-state index is 3.61. The molecule has 0 spiro atoms. The maximum absolute atomic E-state index is 3.61. The molecule has 0 aliphatic rings. The van der Waals surface area contributed by atoms with Crippen molar-refractivity contribution in [1.82, 2.24) is 5.32 Å². The summed E-state index contributed by atoms with van der Waals surface area (Å²) in [5.41, 5.74) is 0.419. The Bertz CT molecular complexity index is 271. The van der Waals surface area contributed by atoms with Gasteiger partial charge in [0.15, 0.2) is 0 Å². The van der Waals surface area contributed by atoms with Crippen LogP contribution in [0.25, 0.3) is 0 Å². The second-order valence-corrected chi connectivity index (χ2v) is 6.67. The van der Waals surface area contributed by atoms with Gasteiger partial charge >= 0.3 is 0 Å². The van der Waals surface area contributed by atoms with Crippen LogP contribution in [-0.2, 0) is 6.42 Å². The third-order valence-corrected chi connectivity index (χ3v) is 3.61. The molecule has 1 aromatic heterocycles. The fourth-order valence-corrected chi connectivity index (χ4v) is 2.80. The van der Waals surface area contributed by atoms with E-state index in [0.717, 1.165) is 6.54 Å². The summed E-state index contributed by atoms with van der Waals surface area (Å²) in [5, 5.41) is 5.77. The number of rotatable bonds is 6. The molecule has 0 aliphatic carbocycles. The van der Waals surface area contributed by atoms with Crippen molar-refractivity contribution in [2.75, 3.05) is 6.54 Å². The van der Waals surface area contributed by atoms with Crippen LogP contribution < -0.4 is 5.32 Å². The molecule has 2 heteroatoms. The van der Waals surface area contributed by atoms with E-state index in [1.165, 1.54) is 24.1 Å².